The molecule has 6 heteroatoms. The topological polar surface area (TPSA) is 69.0 Å². The molecule has 2 aromatic rings. The number of ether oxygens (including phenoxy) is 1. The Kier molecular flexibility index (Phi) is 3.60. The first-order valence-electron chi connectivity index (χ1n) is 7.04. The van der Waals surface area contributed by atoms with Crippen LogP contribution in [0.4, 0.5) is 5.82 Å². The third-order valence-electron chi connectivity index (χ3n) is 3.81. The Balaban J connectivity index is 1.73. The summed E-state index contributed by atoms with van der Waals surface area (Å²) in [6, 6.07) is 5.48. The van der Waals surface area contributed by atoms with Crippen molar-refractivity contribution in [1.29, 1.82) is 0 Å². The third-order valence-corrected chi connectivity index (χ3v) is 3.81. The van der Waals surface area contributed by atoms with E-state index in [2.05, 4.69) is 22.3 Å². The molecule has 0 aromatic carbocycles. The molecular formula is C15H18N4O2. The highest BCUT2D eigenvalue weighted by Gasteiger charge is 2.30. The highest BCUT2D eigenvalue weighted by Crippen LogP contribution is 2.40. The number of carbonyl (C=O) groups excluding carboxylic acids is 1. The summed E-state index contributed by atoms with van der Waals surface area (Å²) in [5.74, 6) is 1.67. The quantitative estimate of drug-likeness (QED) is 0.917. The molecule has 2 heterocycles. The minimum Gasteiger partial charge on any atom is -0.481 e. The summed E-state index contributed by atoms with van der Waals surface area (Å²) in [4.78, 5) is 16.3. The molecule has 1 aliphatic rings. The largest absolute Gasteiger partial charge is 0.481 e. The molecular weight excluding hydrogens is 268 g/mol. The van der Waals surface area contributed by atoms with E-state index in [0.29, 0.717) is 23.4 Å². The van der Waals surface area contributed by atoms with Gasteiger partial charge in [0.1, 0.15) is 5.82 Å². The molecule has 0 bridgehead atoms. The van der Waals surface area contributed by atoms with E-state index in [4.69, 9.17) is 4.74 Å². The number of pyridine rings is 1. The van der Waals surface area contributed by atoms with Crippen LogP contribution < -0.4 is 10.1 Å². The second-order valence-electron chi connectivity index (χ2n) is 5.28. The predicted octanol–water partition coefficient (Wildman–Crippen LogP) is 2.51. The first-order valence-corrected chi connectivity index (χ1v) is 7.04. The zero-order valence-electron chi connectivity index (χ0n) is 12.1. The Hall–Kier alpha value is -2.37. The monoisotopic (exact) mass is 286 g/mol. The summed E-state index contributed by atoms with van der Waals surface area (Å²) in [6.07, 6.45) is 5.67. The molecule has 1 amide bonds. The lowest BCUT2D eigenvalue weighted by Gasteiger charge is -2.15. The second kappa shape index (κ2) is 5.55. The Morgan fingerprint density at radius 3 is 2.86 bits per heavy atom. The molecule has 1 atom stereocenters. The SMILES string of the molecule is COc1ccc(C(=O)Nc2ccnn2C(C)C2CC2)cn1. The Bertz CT molecular complexity index is 631. The number of methoxy groups -OCH3 is 1. The third kappa shape index (κ3) is 2.89. The molecule has 1 saturated carbocycles. The zero-order valence-corrected chi connectivity index (χ0v) is 12.1. The Morgan fingerprint density at radius 1 is 1.43 bits per heavy atom. The molecule has 6 nitrogen and oxygen atoms in total. The van der Waals surface area contributed by atoms with Crippen molar-refractivity contribution in [2.75, 3.05) is 12.4 Å². The van der Waals surface area contributed by atoms with E-state index in [1.807, 2.05) is 10.7 Å². The molecule has 0 spiro atoms. The Labute approximate surface area is 123 Å². The van der Waals surface area contributed by atoms with E-state index >= 15 is 0 Å². The van der Waals surface area contributed by atoms with Gasteiger partial charge in [0, 0.05) is 18.3 Å². The van der Waals surface area contributed by atoms with E-state index < -0.39 is 0 Å². The number of rotatable bonds is 5. The summed E-state index contributed by atoms with van der Waals surface area (Å²) >= 11 is 0. The number of aromatic nitrogens is 3. The first kappa shape index (κ1) is 13.6. The molecule has 1 unspecified atom stereocenters. The highest BCUT2D eigenvalue weighted by atomic mass is 16.5. The standard InChI is InChI=1S/C15H18N4O2/c1-10(11-3-4-11)19-13(7-8-17-19)18-15(20)12-5-6-14(21-2)16-9-12/h5-11H,3-4H2,1-2H3,(H,18,20). The van der Waals surface area contributed by atoms with E-state index in [9.17, 15) is 4.79 Å². The smallest absolute Gasteiger partial charge is 0.258 e. The van der Waals surface area contributed by atoms with Crippen LogP contribution in [0, 0.1) is 5.92 Å². The Morgan fingerprint density at radius 2 is 2.24 bits per heavy atom. The van der Waals surface area contributed by atoms with E-state index in [1.54, 1.807) is 25.4 Å². The average Bonchev–Trinajstić information content (AvgIpc) is 3.27. The number of hydrogen-bond acceptors (Lipinski definition) is 4. The van der Waals surface area contributed by atoms with Gasteiger partial charge < -0.3 is 10.1 Å². The van der Waals surface area contributed by atoms with Crippen LogP contribution in [0.25, 0.3) is 0 Å². The van der Waals surface area contributed by atoms with E-state index in [1.165, 1.54) is 19.0 Å². The van der Waals surface area contributed by atoms with Gasteiger partial charge in [-0.2, -0.15) is 5.10 Å². The fraction of sp³-hybridized carbons (Fsp3) is 0.400. The molecule has 0 aliphatic heterocycles. The van der Waals surface area contributed by atoms with Crippen LogP contribution in [0.5, 0.6) is 5.88 Å². The summed E-state index contributed by atoms with van der Waals surface area (Å²) in [5, 5.41) is 7.21. The summed E-state index contributed by atoms with van der Waals surface area (Å²) in [7, 11) is 1.54. The summed E-state index contributed by atoms with van der Waals surface area (Å²) < 4.78 is 6.86. The van der Waals surface area contributed by atoms with Crippen LogP contribution in [-0.2, 0) is 0 Å². The van der Waals surface area contributed by atoms with Gasteiger partial charge in [-0.05, 0) is 31.7 Å². The first-order chi connectivity index (χ1) is 10.2. The van der Waals surface area contributed by atoms with Gasteiger partial charge in [0.05, 0.1) is 24.9 Å². The lowest BCUT2D eigenvalue weighted by molar-refractivity contribution is 0.102. The van der Waals surface area contributed by atoms with Gasteiger partial charge in [0.2, 0.25) is 5.88 Å². The van der Waals surface area contributed by atoms with Crippen molar-refractivity contribution in [2.45, 2.75) is 25.8 Å². The minimum absolute atomic E-state index is 0.199. The lowest BCUT2D eigenvalue weighted by Crippen LogP contribution is -2.18. The number of nitrogens with one attached hydrogen (secondary N) is 1. The van der Waals surface area contributed by atoms with Gasteiger partial charge in [-0.15, -0.1) is 0 Å². The van der Waals surface area contributed by atoms with Crippen molar-refractivity contribution in [1.82, 2.24) is 14.8 Å². The molecule has 1 fully saturated rings. The van der Waals surface area contributed by atoms with Crippen LogP contribution in [0.3, 0.4) is 0 Å². The normalized spacial score (nSPS) is 15.5. The fourth-order valence-corrected chi connectivity index (χ4v) is 2.34. The second-order valence-corrected chi connectivity index (χ2v) is 5.28. The van der Waals surface area contributed by atoms with Crippen LogP contribution in [0.2, 0.25) is 0 Å². The molecule has 3 rings (SSSR count). The van der Waals surface area contributed by atoms with Gasteiger partial charge in [-0.3, -0.25) is 4.79 Å². The lowest BCUT2D eigenvalue weighted by atomic mass is 10.2. The number of hydrogen-bond donors (Lipinski definition) is 1. The molecule has 2 aromatic heterocycles. The number of anilines is 1. The van der Waals surface area contributed by atoms with Crippen molar-refractivity contribution >= 4 is 11.7 Å². The molecule has 0 radical (unpaired) electrons. The number of carbonyl (C=O) groups is 1. The predicted molar refractivity (Wildman–Crippen MR) is 78.4 cm³/mol. The molecule has 1 aliphatic carbocycles. The van der Waals surface area contributed by atoms with E-state index in [0.717, 1.165) is 5.82 Å². The van der Waals surface area contributed by atoms with Crippen LogP contribution in [0.1, 0.15) is 36.2 Å². The van der Waals surface area contributed by atoms with Gasteiger partial charge in [-0.1, -0.05) is 0 Å². The van der Waals surface area contributed by atoms with Gasteiger partial charge in [0.25, 0.3) is 5.91 Å². The van der Waals surface area contributed by atoms with Crippen molar-refractivity contribution in [2.24, 2.45) is 5.92 Å². The van der Waals surface area contributed by atoms with E-state index in [-0.39, 0.29) is 5.91 Å². The minimum atomic E-state index is -0.199. The average molecular weight is 286 g/mol. The maximum Gasteiger partial charge on any atom is 0.258 e. The molecule has 21 heavy (non-hydrogen) atoms. The number of amides is 1. The van der Waals surface area contributed by atoms with Gasteiger partial charge >= 0.3 is 0 Å². The maximum atomic E-state index is 12.2. The van der Waals surface area contributed by atoms with Crippen LogP contribution in [0.15, 0.2) is 30.6 Å². The maximum absolute atomic E-state index is 12.2. The van der Waals surface area contributed by atoms with Gasteiger partial charge in [0.15, 0.2) is 0 Å². The van der Waals surface area contributed by atoms with Crippen LogP contribution >= 0.6 is 0 Å². The number of nitrogens with zero attached hydrogens (tertiary/aromatic N) is 3. The molecule has 1 N–H and O–H groups in total. The fourth-order valence-electron chi connectivity index (χ4n) is 2.34. The molecule has 0 saturated heterocycles. The van der Waals surface area contributed by atoms with Crippen molar-refractivity contribution in [3.63, 3.8) is 0 Å². The highest BCUT2D eigenvalue weighted by molar-refractivity contribution is 6.03. The summed E-state index contributed by atoms with van der Waals surface area (Å²) in [6.45, 7) is 2.13. The zero-order chi connectivity index (χ0) is 14.8. The summed E-state index contributed by atoms with van der Waals surface area (Å²) in [5.41, 5.74) is 0.489. The van der Waals surface area contributed by atoms with Crippen LogP contribution in [-0.4, -0.2) is 27.8 Å². The molecule has 110 valence electrons. The van der Waals surface area contributed by atoms with Crippen molar-refractivity contribution in [3.05, 3.63) is 36.2 Å². The van der Waals surface area contributed by atoms with Crippen molar-refractivity contribution < 1.29 is 9.53 Å². The van der Waals surface area contributed by atoms with Gasteiger partial charge in [-0.25, -0.2) is 9.67 Å². The van der Waals surface area contributed by atoms with Crippen molar-refractivity contribution in [3.8, 4) is 5.88 Å².